The number of amides is 2. The number of nitrogens with one attached hydrogen (secondary N) is 3. The molecule has 2 fully saturated rings. The number of H-pyrrole nitrogens is 1. The lowest BCUT2D eigenvalue weighted by Gasteiger charge is -2.34. The van der Waals surface area contributed by atoms with Gasteiger partial charge in [-0.1, -0.05) is 12.5 Å². The number of hydrogen-bond acceptors (Lipinski definition) is 4. The molecule has 1 aromatic carbocycles. The van der Waals surface area contributed by atoms with Gasteiger partial charge in [0.2, 0.25) is 11.8 Å². The fourth-order valence-corrected chi connectivity index (χ4v) is 5.75. The summed E-state index contributed by atoms with van der Waals surface area (Å²) >= 11 is 0. The summed E-state index contributed by atoms with van der Waals surface area (Å²) in [5.74, 6) is -3.54. The third kappa shape index (κ3) is 6.87. The topological polar surface area (TPSA) is 105 Å². The zero-order valence-electron chi connectivity index (χ0n) is 22.6. The number of aryl methyl sites for hydroxylation is 1. The smallest absolute Gasteiger partial charge is 0.349 e. The van der Waals surface area contributed by atoms with Crippen LogP contribution in [0.4, 0.5) is 22.0 Å². The summed E-state index contributed by atoms with van der Waals surface area (Å²) in [5, 5.41) is 9.80. The van der Waals surface area contributed by atoms with Crippen LogP contribution in [0.25, 0.3) is 11.0 Å². The molecular formula is C28H33F5N6O2. The largest absolute Gasteiger partial charge is 0.389 e. The molecule has 41 heavy (non-hydrogen) atoms. The number of carbonyl (C=O) groups excluding carboxylic acids is 2. The van der Waals surface area contributed by atoms with Crippen LogP contribution in [0.2, 0.25) is 0 Å². The molecule has 3 aromatic rings. The maximum absolute atomic E-state index is 14.0. The standard InChI is InChI=1S/C28H33F5N6O2/c1-39-21(10-14-34-39)26(41)38-24(17-7-11-27(29,30)12-8-17)25-35-19-6-5-18(15-20(19)36-25)23(16-3-2-4-16)37-22(40)9-13-28(31,32)33/h5-6,10,14-17,23-24H,2-4,7-9,11-13H2,1H3,(H,35,36)(H,37,40)(H,38,41)/t23-,24+/m1/s1. The van der Waals surface area contributed by atoms with Crippen LogP contribution >= 0.6 is 0 Å². The summed E-state index contributed by atoms with van der Waals surface area (Å²) < 4.78 is 67.3. The molecule has 222 valence electrons. The van der Waals surface area contributed by atoms with E-state index in [2.05, 4.69) is 20.7 Å². The van der Waals surface area contributed by atoms with Gasteiger partial charge in [0.25, 0.3) is 5.91 Å². The van der Waals surface area contributed by atoms with Gasteiger partial charge in [-0.2, -0.15) is 18.3 Å². The summed E-state index contributed by atoms with van der Waals surface area (Å²) in [5.41, 5.74) is 2.25. The molecule has 13 heteroatoms. The Balaban J connectivity index is 1.40. The lowest BCUT2D eigenvalue weighted by atomic mass is 9.77. The Hall–Kier alpha value is -3.51. The van der Waals surface area contributed by atoms with Crippen molar-refractivity contribution in [1.29, 1.82) is 0 Å². The Bertz CT molecular complexity index is 1390. The number of aromatic nitrogens is 4. The highest BCUT2D eigenvalue weighted by Crippen LogP contribution is 2.42. The number of nitrogens with zero attached hydrogens (tertiary/aromatic N) is 3. The highest BCUT2D eigenvalue weighted by molar-refractivity contribution is 5.92. The van der Waals surface area contributed by atoms with Crippen LogP contribution in [0, 0.1) is 11.8 Å². The molecule has 2 saturated carbocycles. The van der Waals surface area contributed by atoms with E-state index in [1.165, 1.54) is 10.9 Å². The van der Waals surface area contributed by atoms with Gasteiger partial charge in [-0.15, -0.1) is 0 Å². The number of carbonyl (C=O) groups is 2. The van der Waals surface area contributed by atoms with Crippen molar-refractivity contribution in [2.75, 3.05) is 0 Å². The van der Waals surface area contributed by atoms with Gasteiger partial charge in [0.05, 0.1) is 29.5 Å². The van der Waals surface area contributed by atoms with Gasteiger partial charge >= 0.3 is 6.18 Å². The summed E-state index contributed by atoms with van der Waals surface area (Å²) in [6.07, 6.45) is -2.21. The summed E-state index contributed by atoms with van der Waals surface area (Å²) in [6, 6.07) is 5.84. The Morgan fingerprint density at radius 2 is 1.78 bits per heavy atom. The third-order valence-corrected chi connectivity index (χ3v) is 8.33. The molecule has 2 aliphatic rings. The first-order valence-electron chi connectivity index (χ1n) is 13.9. The molecule has 0 bridgehead atoms. The van der Waals surface area contributed by atoms with E-state index in [9.17, 15) is 31.5 Å². The molecular weight excluding hydrogens is 547 g/mol. The number of benzene rings is 1. The van der Waals surface area contributed by atoms with Gasteiger partial charge in [0.1, 0.15) is 11.5 Å². The van der Waals surface area contributed by atoms with Crippen molar-refractivity contribution in [2.45, 2.75) is 82.0 Å². The lowest BCUT2D eigenvalue weighted by molar-refractivity contribution is -0.144. The van der Waals surface area contributed by atoms with Crippen LogP contribution in [0.3, 0.4) is 0 Å². The lowest BCUT2D eigenvalue weighted by Crippen LogP contribution is -2.38. The van der Waals surface area contributed by atoms with Crippen LogP contribution < -0.4 is 10.6 Å². The van der Waals surface area contributed by atoms with Gasteiger partial charge in [0, 0.05) is 32.5 Å². The first-order chi connectivity index (χ1) is 19.4. The van der Waals surface area contributed by atoms with Crippen LogP contribution in [0.15, 0.2) is 30.5 Å². The number of rotatable bonds is 9. The molecule has 0 spiro atoms. The second-order valence-electron chi connectivity index (χ2n) is 11.2. The zero-order chi connectivity index (χ0) is 29.4. The zero-order valence-corrected chi connectivity index (χ0v) is 22.6. The van der Waals surface area contributed by atoms with Crippen molar-refractivity contribution < 1.29 is 31.5 Å². The molecule has 2 aliphatic carbocycles. The predicted molar refractivity (Wildman–Crippen MR) is 140 cm³/mol. The van der Waals surface area contributed by atoms with Crippen LogP contribution in [-0.4, -0.2) is 43.7 Å². The molecule has 2 atom stereocenters. The van der Waals surface area contributed by atoms with Crippen LogP contribution in [0.5, 0.6) is 0 Å². The molecule has 0 saturated heterocycles. The number of hydrogen-bond donors (Lipinski definition) is 3. The minimum atomic E-state index is -4.41. The van der Waals surface area contributed by atoms with Crippen LogP contribution in [0.1, 0.15) is 91.7 Å². The van der Waals surface area contributed by atoms with Gasteiger partial charge in [-0.25, -0.2) is 13.8 Å². The van der Waals surface area contributed by atoms with Crippen molar-refractivity contribution in [3.05, 3.63) is 47.5 Å². The fraction of sp³-hybridized carbons (Fsp3) is 0.571. The maximum Gasteiger partial charge on any atom is 0.389 e. The minimum Gasteiger partial charge on any atom is -0.349 e. The first-order valence-corrected chi connectivity index (χ1v) is 13.9. The average molecular weight is 581 g/mol. The highest BCUT2D eigenvalue weighted by atomic mass is 19.4. The molecule has 5 rings (SSSR count). The SMILES string of the molecule is Cn1nccc1C(=O)N[C@H](c1nc2cc([C@H](NC(=O)CCC(F)(F)F)C3CCC3)ccc2[nH]1)C1CCC(F)(F)CC1. The molecule has 2 heterocycles. The van der Waals surface area contributed by atoms with E-state index in [1.807, 2.05) is 6.07 Å². The van der Waals surface area contributed by atoms with E-state index < -0.39 is 48.8 Å². The Morgan fingerprint density at radius 3 is 2.39 bits per heavy atom. The molecule has 2 amide bonds. The number of halogens is 5. The van der Waals surface area contributed by atoms with Gasteiger partial charge in [-0.3, -0.25) is 14.3 Å². The minimum absolute atomic E-state index is 0.107. The first kappa shape index (κ1) is 29.0. The normalized spacial score (nSPS) is 19.5. The molecule has 8 nitrogen and oxygen atoms in total. The van der Waals surface area contributed by atoms with Gasteiger partial charge in [-0.05, 0) is 61.3 Å². The second-order valence-corrected chi connectivity index (χ2v) is 11.2. The molecule has 0 aliphatic heterocycles. The van der Waals surface area contributed by atoms with Crippen molar-refractivity contribution >= 4 is 22.8 Å². The summed E-state index contributed by atoms with van der Waals surface area (Å²) in [4.78, 5) is 33.5. The summed E-state index contributed by atoms with van der Waals surface area (Å²) in [7, 11) is 1.63. The Kier molecular flexibility index (Phi) is 8.06. The number of aromatic amines is 1. The van der Waals surface area contributed by atoms with Crippen molar-refractivity contribution in [3.63, 3.8) is 0 Å². The summed E-state index contributed by atoms with van der Waals surface area (Å²) in [6.45, 7) is 0. The molecule has 2 aromatic heterocycles. The highest BCUT2D eigenvalue weighted by Gasteiger charge is 2.40. The molecule has 0 radical (unpaired) electrons. The van der Waals surface area contributed by atoms with Gasteiger partial charge < -0.3 is 15.6 Å². The monoisotopic (exact) mass is 580 g/mol. The average Bonchev–Trinajstić information content (AvgIpc) is 3.50. The predicted octanol–water partition coefficient (Wildman–Crippen LogP) is 5.89. The van der Waals surface area contributed by atoms with E-state index in [-0.39, 0.29) is 37.5 Å². The van der Waals surface area contributed by atoms with Crippen molar-refractivity contribution in [1.82, 2.24) is 30.4 Å². The number of fused-ring (bicyclic) bond motifs is 1. The quantitative estimate of drug-likeness (QED) is 0.275. The Morgan fingerprint density at radius 1 is 1.07 bits per heavy atom. The van der Waals surface area contributed by atoms with Gasteiger partial charge in [0.15, 0.2) is 0 Å². The number of alkyl halides is 5. The fourth-order valence-electron chi connectivity index (χ4n) is 5.75. The van der Waals surface area contributed by atoms with E-state index in [0.717, 1.165) is 24.8 Å². The van der Waals surface area contributed by atoms with Crippen molar-refractivity contribution in [3.8, 4) is 0 Å². The number of imidazole rings is 1. The maximum atomic E-state index is 14.0. The third-order valence-electron chi connectivity index (χ3n) is 8.33. The van der Waals surface area contributed by atoms with E-state index >= 15 is 0 Å². The second kappa shape index (κ2) is 11.4. The van der Waals surface area contributed by atoms with E-state index in [4.69, 9.17) is 4.98 Å². The Labute approximate surface area is 233 Å². The molecule has 3 N–H and O–H groups in total. The van der Waals surface area contributed by atoms with E-state index in [0.29, 0.717) is 22.6 Å². The van der Waals surface area contributed by atoms with Crippen molar-refractivity contribution in [2.24, 2.45) is 18.9 Å². The van der Waals surface area contributed by atoms with Crippen LogP contribution in [-0.2, 0) is 11.8 Å². The van der Waals surface area contributed by atoms with E-state index in [1.54, 1.807) is 25.2 Å². The molecule has 0 unspecified atom stereocenters.